The summed E-state index contributed by atoms with van der Waals surface area (Å²) in [5.74, 6) is 0.423. The summed E-state index contributed by atoms with van der Waals surface area (Å²) in [5, 5.41) is 12.4. The maximum atomic E-state index is 12.5. The lowest BCUT2D eigenvalue weighted by atomic mass is 10.1. The third-order valence-corrected chi connectivity index (χ3v) is 4.43. The van der Waals surface area contributed by atoms with Crippen LogP contribution in [0.25, 0.3) is 11.4 Å². The highest BCUT2D eigenvalue weighted by Crippen LogP contribution is 2.20. The van der Waals surface area contributed by atoms with Gasteiger partial charge in [-0.3, -0.25) is 4.79 Å². The zero-order chi connectivity index (χ0) is 19.9. The third-order valence-electron chi connectivity index (χ3n) is 4.43. The third kappa shape index (κ3) is 4.85. The Morgan fingerprint density at radius 1 is 1.11 bits per heavy atom. The molecule has 3 aromatic rings. The molecule has 0 fully saturated rings. The lowest BCUT2D eigenvalue weighted by Crippen LogP contribution is -2.18. The van der Waals surface area contributed by atoms with E-state index in [1.165, 1.54) is 0 Å². The number of aromatic nitrogens is 2. The number of amides is 1. The molecule has 3 rings (SSSR count). The van der Waals surface area contributed by atoms with E-state index in [2.05, 4.69) is 34.2 Å². The summed E-state index contributed by atoms with van der Waals surface area (Å²) in [5.41, 5.74) is 2.88. The topological polar surface area (TPSA) is 78.4 Å². The normalized spacial score (nSPS) is 10.5. The van der Waals surface area contributed by atoms with Crippen molar-refractivity contribution in [3.63, 3.8) is 0 Å². The van der Waals surface area contributed by atoms with Crippen LogP contribution in [-0.4, -0.2) is 34.6 Å². The number of rotatable bonds is 7. The van der Waals surface area contributed by atoms with Gasteiger partial charge in [0.05, 0.1) is 18.1 Å². The first-order valence-corrected chi connectivity index (χ1v) is 9.31. The van der Waals surface area contributed by atoms with Crippen molar-refractivity contribution >= 4 is 17.3 Å². The lowest BCUT2D eigenvalue weighted by molar-refractivity contribution is 0.102. The van der Waals surface area contributed by atoms with Crippen LogP contribution < -0.4 is 10.2 Å². The zero-order valence-corrected chi connectivity index (χ0v) is 16.1. The van der Waals surface area contributed by atoms with Crippen molar-refractivity contribution in [2.75, 3.05) is 23.8 Å². The fourth-order valence-corrected chi connectivity index (χ4v) is 2.78. The van der Waals surface area contributed by atoms with E-state index in [1.807, 2.05) is 30.3 Å². The molecule has 1 heterocycles. The Bertz CT molecular complexity index is 924. The SMILES string of the molecule is CCCCN(C)c1ccc(C(=O)Nc2cnc(-c3cccc(O)c3)nc2)cc1. The van der Waals surface area contributed by atoms with Crippen molar-refractivity contribution in [3.8, 4) is 17.1 Å². The molecule has 0 aliphatic heterocycles. The molecule has 0 bridgehead atoms. The standard InChI is InChI=1S/C22H24N4O2/c1-3-4-12-26(2)19-10-8-16(9-11-19)22(28)25-18-14-23-21(24-15-18)17-6-5-7-20(27)13-17/h5-11,13-15,27H,3-4,12H2,1-2H3,(H,25,28). The predicted molar refractivity (Wildman–Crippen MR) is 112 cm³/mol. The van der Waals surface area contributed by atoms with Crippen molar-refractivity contribution in [2.45, 2.75) is 19.8 Å². The number of anilines is 2. The number of carbonyl (C=O) groups is 1. The van der Waals surface area contributed by atoms with Gasteiger partial charge in [-0.25, -0.2) is 9.97 Å². The molecule has 144 valence electrons. The van der Waals surface area contributed by atoms with Crippen molar-refractivity contribution in [3.05, 3.63) is 66.5 Å². The molecular weight excluding hydrogens is 352 g/mol. The highest BCUT2D eigenvalue weighted by molar-refractivity contribution is 6.04. The monoisotopic (exact) mass is 376 g/mol. The second-order valence-corrected chi connectivity index (χ2v) is 6.62. The van der Waals surface area contributed by atoms with Crippen LogP contribution in [0.1, 0.15) is 30.1 Å². The molecule has 0 aliphatic carbocycles. The van der Waals surface area contributed by atoms with E-state index in [9.17, 15) is 9.90 Å². The van der Waals surface area contributed by atoms with Crippen LogP contribution in [0, 0.1) is 0 Å². The first kappa shape index (κ1) is 19.4. The molecule has 0 radical (unpaired) electrons. The molecular formula is C22H24N4O2. The summed E-state index contributed by atoms with van der Waals surface area (Å²) in [4.78, 5) is 23.2. The highest BCUT2D eigenvalue weighted by Gasteiger charge is 2.09. The fraction of sp³-hybridized carbons (Fsp3) is 0.227. The van der Waals surface area contributed by atoms with Crippen LogP contribution in [0.2, 0.25) is 0 Å². The van der Waals surface area contributed by atoms with Crippen LogP contribution in [0.5, 0.6) is 5.75 Å². The maximum absolute atomic E-state index is 12.5. The van der Waals surface area contributed by atoms with Gasteiger partial charge >= 0.3 is 0 Å². The highest BCUT2D eigenvalue weighted by atomic mass is 16.3. The number of benzene rings is 2. The number of hydrogen-bond donors (Lipinski definition) is 2. The first-order valence-electron chi connectivity index (χ1n) is 9.31. The van der Waals surface area contributed by atoms with Crippen molar-refractivity contribution in [1.29, 1.82) is 0 Å². The van der Waals surface area contributed by atoms with Gasteiger partial charge in [0.1, 0.15) is 5.75 Å². The van der Waals surface area contributed by atoms with E-state index >= 15 is 0 Å². The van der Waals surface area contributed by atoms with Gasteiger partial charge in [-0.05, 0) is 42.8 Å². The summed E-state index contributed by atoms with van der Waals surface area (Å²) in [6.45, 7) is 3.16. The minimum atomic E-state index is -0.212. The Labute approximate surface area is 164 Å². The van der Waals surface area contributed by atoms with Crippen LogP contribution in [0.4, 0.5) is 11.4 Å². The second-order valence-electron chi connectivity index (χ2n) is 6.62. The van der Waals surface area contributed by atoms with E-state index in [0.717, 1.165) is 25.1 Å². The van der Waals surface area contributed by atoms with Crippen LogP contribution in [0.3, 0.4) is 0 Å². The second kappa shape index (κ2) is 8.99. The molecule has 0 atom stereocenters. The zero-order valence-electron chi connectivity index (χ0n) is 16.1. The van der Waals surface area contributed by atoms with Gasteiger partial charge in [0.25, 0.3) is 5.91 Å². The summed E-state index contributed by atoms with van der Waals surface area (Å²) in [6, 6.07) is 14.2. The summed E-state index contributed by atoms with van der Waals surface area (Å²) < 4.78 is 0. The molecule has 6 heteroatoms. The van der Waals surface area contributed by atoms with E-state index in [-0.39, 0.29) is 11.7 Å². The molecule has 0 unspecified atom stereocenters. The molecule has 0 saturated carbocycles. The van der Waals surface area contributed by atoms with Crippen LogP contribution in [0.15, 0.2) is 60.9 Å². The number of hydrogen-bond acceptors (Lipinski definition) is 5. The van der Waals surface area contributed by atoms with Crippen LogP contribution in [-0.2, 0) is 0 Å². The number of aromatic hydroxyl groups is 1. The Hall–Kier alpha value is -3.41. The van der Waals surface area contributed by atoms with Crippen molar-refractivity contribution in [2.24, 2.45) is 0 Å². The van der Waals surface area contributed by atoms with Gasteiger partial charge < -0.3 is 15.3 Å². The summed E-state index contributed by atoms with van der Waals surface area (Å²) in [7, 11) is 2.05. The van der Waals surface area contributed by atoms with E-state index in [1.54, 1.807) is 30.6 Å². The Morgan fingerprint density at radius 3 is 2.46 bits per heavy atom. The molecule has 2 N–H and O–H groups in total. The average molecular weight is 376 g/mol. The molecule has 1 amide bonds. The predicted octanol–water partition coefficient (Wildman–Crippen LogP) is 4.34. The number of phenolic OH excluding ortho intramolecular Hbond substituents is 1. The van der Waals surface area contributed by atoms with E-state index in [4.69, 9.17) is 0 Å². The number of unbranched alkanes of at least 4 members (excludes halogenated alkanes) is 1. The summed E-state index contributed by atoms with van der Waals surface area (Å²) >= 11 is 0. The Kier molecular flexibility index (Phi) is 6.22. The quantitative estimate of drug-likeness (QED) is 0.641. The Morgan fingerprint density at radius 2 is 1.82 bits per heavy atom. The number of nitrogens with zero attached hydrogens (tertiary/aromatic N) is 3. The molecule has 0 aliphatic rings. The fourth-order valence-electron chi connectivity index (χ4n) is 2.78. The van der Waals surface area contributed by atoms with Gasteiger partial charge in [-0.1, -0.05) is 25.5 Å². The van der Waals surface area contributed by atoms with Crippen molar-refractivity contribution < 1.29 is 9.90 Å². The maximum Gasteiger partial charge on any atom is 0.255 e. The lowest BCUT2D eigenvalue weighted by Gasteiger charge is -2.19. The molecule has 6 nitrogen and oxygen atoms in total. The van der Waals surface area contributed by atoms with E-state index in [0.29, 0.717) is 22.6 Å². The summed E-state index contributed by atoms with van der Waals surface area (Å²) in [6.07, 6.45) is 5.39. The average Bonchev–Trinajstić information content (AvgIpc) is 2.72. The van der Waals surface area contributed by atoms with Gasteiger partial charge in [0, 0.05) is 30.4 Å². The van der Waals surface area contributed by atoms with Gasteiger partial charge in [-0.2, -0.15) is 0 Å². The molecule has 0 spiro atoms. The van der Waals surface area contributed by atoms with Crippen molar-refractivity contribution in [1.82, 2.24) is 9.97 Å². The van der Waals surface area contributed by atoms with Crippen LogP contribution >= 0.6 is 0 Å². The molecule has 28 heavy (non-hydrogen) atoms. The smallest absolute Gasteiger partial charge is 0.255 e. The molecule has 0 saturated heterocycles. The van der Waals surface area contributed by atoms with E-state index < -0.39 is 0 Å². The molecule has 2 aromatic carbocycles. The number of carbonyl (C=O) groups excluding carboxylic acids is 1. The Balaban J connectivity index is 1.64. The first-order chi connectivity index (χ1) is 13.6. The van der Waals surface area contributed by atoms with Gasteiger partial charge in [0.15, 0.2) is 5.82 Å². The molecule has 1 aromatic heterocycles. The minimum absolute atomic E-state index is 0.155. The largest absolute Gasteiger partial charge is 0.508 e. The minimum Gasteiger partial charge on any atom is -0.508 e. The number of nitrogens with one attached hydrogen (secondary N) is 1. The van der Waals surface area contributed by atoms with Gasteiger partial charge in [-0.15, -0.1) is 0 Å². The number of phenols is 1. The van der Waals surface area contributed by atoms with Gasteiger partial charge in [0.2, 0.25) is 0 Å².